The standard InChI is InChI=1S/C25H28N2O3/c1-16(2)11-24(29)26-19-8-6-7-17(12-19)23(28)14-22-21-13-20(30-5)10-9-18(21)15-25(3,4)27-22/h6-14,27H,15H2,1-5H3,(H,26,29). The van der Waals surface area contributed by atoms with Crippen LogP contribution in [0.5, 0.6) is 5.75 Å². The lowest BCUT2D eigenvalue weighted by atomic mass is 9.85. The summed E-state index contributed by atoms with van der Waals surface area (Å²) < 4.78 is 5.37. The molecule has 0 unspecified atom stereocenters. The smallest absolute Gasteiger partial charge is 0.248 e. The average Bonchev–Trinajstić information content (AvgIpc) is 2.66. The van der Waals surface area contributed by atoms with Gasteiger partial charge in [0.05, 0.1) is 7.11 Å². The molecule has 1 amide bonds. The summed E-state index contributed by atoms with van der Waals surface area (Å²) in [5.74, 6) is 0.398. The predicted molar refractivity (Wildman–Crippen MR) is 121 cm³/mol. The molecule has 2 N–H and O–H groups in total. The molecule has 1 aliphatic rings. The van der Waals surface area contributed by atoms with Gasteiger partial charge in [0.25, 0.3) is 0 Å². The molecule has 5 nitrogen and oxygen atoms in total. The Kier molecular flexibility index (Phi) is 6.11. The molecule has 0 atom stereocenters. The molecule has 30 heavy (non-hydrogen) atoms. The van der Waals surface area contributed by atoms with Gasteiger partial charge in [0.15, 0.2) is 5.78 Å². The van der Waals surface area contributed by atoms with E-state index in [0.717, 1.165) is 29.0 Å². The number of benzene rings is 2. The molecule has 0 aromatic heterocycles. The van der Waals surface area contributed by atoms with Crippen molar-refractivity contribution in [3.05, 3.63) is 76.9 Å². The zero-order valence-electron chi connectivity index (χ0n) is 18.1. The van der Waals surface area contributed by atoms with Crippen molar-refractivity contribution in [2.75, 3.05) is 12.4 Å². The number of amides is 1. The van der Waals surface area contributed by atoms with Crippen molar-refractivity contribution in [2.24, 2.45) is 0 Å². The van der Waals surface area contributed by atoms with Gasteiger partial charge in [-0.25, -0.2) is 0 Å². The number of anilines is 1. The van der Waals surface area contributed by atoms with Gasteiger partial charge < -0.3 is 15.4 Å². The highest BCUT2D eigenvalue weighted by molar-refractivity contribution is 6.09. The van der Waals surface area contributed by atoms with Gasteiger partial charge in [-0.15, -0.1) is 0 Å². The zero-order valence-corrected chi connectivity index (χ0v) is 18.1. The van der Waals surface area contributed by atoms with Crippen LogP contribution in [0.15, 0.2) is 60.2 Å². The van der Waals surface area contributed by atoms with Crippen LogP contribution >= 0.6 is 0 Å². The van der Waals surface area contributed by atoms with Crippen LogP contribution < -0.4 is 15.4 Å². The molecule has 0 bridgehead atoms. The van der Waals surface area contributed by atoms with Gasteiger partial charge in [-0.3, -0.25) is 9.59 Å². The van der Waals surface area contributed by atoms with Crippen molar-refractivity contribution in [1.82, 2.24) is 5.32 Å². The van der Waals surface area contributed by atoms with Crippen molar-refractivity contribution in [3.8, 4) is 5.75 Å². The van der Waals surface area contributed by atoms with Gasteiger partial charge in [0.1, 0.15) is 5.75 Å². The number of rotatable bonds is 5. The summed E-state index contributed by atoms with van der Waals surface area (Å²) >= 11 is 0. The zero-order chi connectivity index (χ0) is 21.9. The molecule has 0 saturated heterocycles. The van der Waals surface area contributed by atoms with Gasteiger partial charge in [-0.1, -0.05) is 23.8 Å². The Labute approximate surface area is 177 Å². The van der Waals surface area contributed by atoms with Crippen molar-refractivity contribution in [1.29, 1.82) is 0 Å². The molecule has 1 heterocycles. The highest BCUT2D eigenvalue weighted by Crippen LogP contribution is 2.32. The summed E-state index contributed by atoms with van der Waals surface area (Å²) in [6, 6.07) is 12.9. The average molecular weight is 405 g/mol. The van der Waals surface area contributed by atoms with Gasteiger partial charge in [0.2, 0.25) is 5.91 Å². The largest absolute Gasteiger partial charge is 0.497 e. The summed E-state index contributed by atoms with van der Waals surface area (Å²) in [6.07, 6.45) is 3.99. The Balaban J connectivity index is 1.92. The topological polar surface area (TPSA) is 67.4 Å². The monoisotopic (exact) mass is 404 g/mol. The van der Waals surface area contributed by atoms with Crippen LogP contribution in [0.1, 0.15) is 49.2 Å². The van der Waals surface area contributed by atoms with Crippen LogP contribution in [0.3, 0.4) is 0 Å². The van der Waals surface area contributed by atoms with Crippen molar-refractivity contribution < 1.29 is 14.3 Å². The number of fused-ring (bicyclic) bond motifs is 1. The van der Waals surface area contributed by atoms with E-state index in [-0.39, 0.29) is 17.2 Å². The van der Waals surface area contributed by atoms with Gasteiger partial charge >= 0.3 is 0 Å². The predicted octanol–water partition coefficient (Wildman–Crippen LogP) is 4.75. The fraction of sp³-hybridized carbons (Fsp3) is 0.280. The number of ether oxygens (including phenoxy) is 1. The van der Waals surface area contributed by atoms with Crippen molar-refractivity contribution in [3.63, 3.8) is 0 Å². The molecule has 156 valence electrons. The Bertz CT molecular complexity index is 1040. The summed E-state index contributed by atoms with van der Waals surface area (Å²) in [5.41, 5.74) is 4.73. The molecule has 0 aliphatic carbocycles. The molecule has 0 saturated carbocycles. The minimum atomic E-state index is -0.213. The number of nitrogens with one attached hydrogen (secondary N) is 2. The summed E-state index contributed by atoms with van der Waals surface area (Å²) in [6.45, 7) is 7.93. The van der Waals surface area contributed by atoms with Gasteiger partial charge in [0, 0.05) is 40.2 Å². The number of ketones is 1. The fourth-order valence-corrected chi connectivity index (χ4v) is 3.56. The normalized spacial score (nSPS) is 15.6. The molecule has 5 heteroatoms. The van der Waals surface area contributed by atoms with Crippen LogP contribution in [0.2, 0.25) is 0 Å². The Morgan fingerprint density at radius 2 is 1.90 bits per heavy atom. The Hall–Kier alpha value is -3.34. The number of carbonyl (C=O) groups is 2. The number of hydrogen-bond acceptors (Lipinski definition) is 4. The van der Waals surface area contributed by atoms with E-state index in [9.17, 15) is 9.59 Å². The van der Waals surface area contributed by atoms with Crippen LogP contribution in [-0.2, 0) is 11.2 Å². The van der Waals surface area contributed by atoms with Gasteiger partial charge in [-0.2, -0.15) is 0 Å². The van der Waals surface area contributed by atoms with Crippen molar-refractivity contribution in [2.45, 2.75) is 39.7 Å². The van der Waals surface area contributed by atoms with Crippen LogP contribution in [0.4, 0.5) is 5.69 Å². The third kappa shape index (κ3) is 5.17. The first-order valence-corrected chi connectivity index (χ1v) is 9.94. The first-order chi connectivity index (χ1) is 14.2. The number of allylic oxidation sites excluding steroid dienone is 2. The fourth-order valence-electron chi connectivity index (χ4n) is 3.56. The van der Waals surface area contributed by atoms with E-state index in [4.69, 9.17) is 4.74 Å². The van der Waals surface area contributed by atoms with Crippen LogP contribution in [0.25, 0.3) is 5.70 Å². The molecular formula is C25H28N2O3. The molecule has 2 aromatic rings. The Morgan fingerprint density at radius 1 is 1.13 bits per heavy atom. The van der Waals surface area contributed by atoms with E-state index in [1.54, 1.807) is 37.5 Å². The molecule has 2 aromatic carbocycles. The highest BCUT2D eigenvalue weighted by Gasteiger charge is 2.28. The first kappa shape index (κ1) is 21.4. The lowest BCUT2D eigenvalue weighted by molar-refractivity contribution is -0.111. The first-order valence-electron chi connectivity index (χ1n) is 9.94. The van der Waals surface area contributed by atoms with E-state index < -0.39 is 0 Å². The third-order valence-electron chi connectivity index (χ3n) is 4.82. The van der Waals surface area contributed by atoms with E-state index in [1.165, 1.54) is 11.6 Å². The summed E-state index contributed by atoms with van der Waals surface area (Å²) in [7, 11) is 1.63. The third-order valence-corrected chi connectivity index (χ3v) is 4.82. The maximum Gasteiger partial charge on any atom is 0.248 e. The molecule has 1 aliphatic heterocycles. The minimum absolute atomic E-state index is 0.137. The lowest BCUT2D eigenvalue weighted by Gasteiger charge is -2.35. The SMILES string of the molecule is COc1ccc2c(c1)C(=CC(=O)c1cccc(NC(=O)C=C(C)C)c1)NC(C)(C)C2. The number of carbonyl (C=O) groups excluding carboxylic acids is 2. The second-order valence-corrected chi connectivity index (χ2v) is 8.42. The lowest BCUT2D eigenvalue weighted by Crippen LogP contribution is -2.43. The minimum Gasteiger partial charge on any atom is -0.497 e. The molecule has 0 spiro atoms. The Morgan fingerprint density at radius 3 is 2.60 bits per heavy atom. The summed E-state index contributed by atoms with van der Waals surface area (Å²) in [4.78, 5) is 25.0. The van der Waals surface area contributed by atoms with Crippen LogP contribution in [0, 0.1) is 0 Å². The highest BCUT2D eigenvalue weighted by atomic mass is 16.5. The van der Waals surface area contributed by atoms with Crippen LogP contribution in [-0.4, -0.2) is 24.3 Å². The van der Waals surface area contributed by atoms with E-state index in [0.29, 0.717) is 11.3 Å². The number of methoxy groups -OCH3 is 1. The van der Waals surface area contributed by atoms with E-state index in [1.807, 2.05) is 26.0 Å². The molecular weight excluding hydrogens is 376 g/mol. The second-order valence-electron chi connectivity index (χ2n) is 8.42. The summed E-state index contributed by atoms with van der Waals surface area (Å²) in [5, 5.41) is 6.27. The van der Waals surface area contributed by atoms with Gasteiger partial charge in [-0.05, 0) is 63.9 Å². The van der Waals surface area contributed by atoms with E-state index in [2.05, 4.69) is 30.5 Å². The molecule has 3 rings (SSSR count). The van der Waals surface area contributed by atoms with E-state index >= 15 is 0 Å². The maximum atomic E-state index is 13.0. The quantitative estimate of drug-likeness (QED) is 0.558. The second kappa shape index (κ2) is 8.57. The molecule has 0 radical (unpaired) electrons. The number of hydrogen-bond donors (Lipinski definition) is 2. The molecule has 0 fully saturated rings. The maximum absolute atomic E-state index is 13.0. The van der Waals surface area contributed by atoms with Crippen molar-refractivity contribution >= 4 is 23.1 Å².